The van der Waals surface area contributed by atoms with Crippen molar-refractivity contribution >= 4 is 0 Å². The Hall–Kier alpha value is -0.820. The van der Waals surface area contributed by atoms with Gasteiger partial charge in [-0.05, 0) is 36.4 Å². The highest BCUT2D eigenvalue weighted by atomic mass is 14.8. The molecule has 1 aromatic rings. The van der Waals surface area contributed by atoms with Crippen molar-refractivity contribution in [1.29, 1.82) is 0 Å². The maximum Gasteiger partial charge on any atom is 0.0205 e. The molecule has 1 fully saturated rings. The Balaban J connectivity index is 2.02. The summed E-state index contributed by atoms with van der Waals surface area (Å²) in [6.07, 6.45) is 4.21. The van der Waals surface area contributed by atoms with Crippen LogP contribution >= 0.6 is 0 Å². The van der Waals surface area contributed by atoms with Crippen LogP contribution in [0.1, 0.15) is 43.2 Å². The topological polar surface area (TPSA) is 12.0 Å². The Labute approximate surface area is 86.5 Å². The summed E-state index contributed by atoms with van der Waals surface area (Å²) in [4.78, 5) is 0. The summed E-state index contributed by atoms with van der Waals surface area (Å²) in [7, 11) is 0. The second kappa shape index (κ2) is 4.61. The molecule has 2 rings (SSSR count). The highest BCUT2D eigenvalue weighted by molar-refractivity contribution is 5.27. The van der Waals surface area contributed by atoms with Crippen LogP contribution in [0, 0.1) is 0 Å². The second-order valence-corrected chi connectivity index (χ2v) is 4.15. The molecule has 14 heavy (non-hydrogen) atoms. The number of nitrogens with one attached hydrogen (secondary N) is 1. The zero-order valence-corrected chi connectivity index (χ0v) is 8.92. The van der Waals surface area contributed by atoms with Gasteiger partial charge in [0.15, 0.2) is 0 Å². The van der Waals surface area contributed by atoms with Gasteiger partial charge in [-0.1, -0.05) is 37.6 Å². The van der Waals surface area contributed by atoms with Crippen molar-refractivity contribution < 1.29 is 0 Å². The molecule has 0 spiro atoms. The molecule has 1 heteroatoms. The van der Waals surface area contributed by atoms with Gasteiger partial charge in [0.2, 0.25) is 0 Å². The van der Waals surface area contributed by atoms with Crippen LogP contribution < -0.4 is 5.32 Å². The zero-order valence-electron chi connectivity index (χ0n) is 8.92. The summed E-state index contributed by atoms with van der Waals surface area (Å²) < 4.78 is 0. The first-order valence-corrected chi connectivity index (χ1v) is 5.69. The molecule has 76 valence electrons. The summed E-state index contributed by atoms with van der Waals surface area (Å²) in [6.45, 7) is 4.21. The SMILES string of the molecule is CCNCc1cccc(C2CCC2)c1. The minimum Gasteiger partial charge on any atom is -0.313 e. The van der Waals surface area contributed by atoms with Gasteiger partial charge in [0.1, 0.15) is 0 Å². The van der Waals surface area contributed by atoms with Crippen LogP contribution in [0.4, 0.5) is 0 Å². The lowest BCUT2D eigenvalue weighted by atomic mass is 9.80. The molecule has 1 aromatic carbocycles. The van der Waals surface area contributed by atoms with Crippen molar-refractivity contribution in [3.63, 3.8) is 0 Å². The van der Waals surface area contributed by atoms with Crippen LogP contribution in [0.2, 0.25) is 0 Å². The van der Waals surface area contributed by atoms with E-state index in [1.807, 2.05) is 0 Å². The van der Waals surface area contributed by atoms with E-state index >= 15 is 0 Å². The molecule has 0 atom stereocenters. The van der Waals surface area contributed by atoms with Crippen LogP contribution in [0.25, 0.3) is 0 Å². The first-order valence-electron chi connectivity index (χ1n) is 5.69. The highest BCUT2D eigenvalue weighted by Crippen LogP contribution is 2.36. The molecule has 0 unspecified atom stereocenters. The first kappa shape index (κ1) is 9.72. The van der Waals surface area contributed by atoms with Crippen molar-refractivity contribution in [2.75, 3.05) is 6.54 Å². The summed E-state index contributed by atoms with van der Waals surface area (Å²) >= 11 is 0. The van der Waals surface area contributed by atoms with E-state index in [4.69, 9.17) is 0 Å². The number of benzene rings is 1. The average Bonchev–Trinajstić information content (AvgIpc) is 2.13. The van der Waals surface area contributed by atoms with Gasteiger partial charge in [-0.25, -0.2) is 0 Å². The molecule has 0 saturated heterocycles. The van der Waals surface area contributed by atoms with Gasteiger partial charge in [0.05, 0.1) is 0 Å². The molecule has 1 aliphatic rings. The quantitative estimate of drug-likeness (QED) is 0.767. The van der Waals surface area contributed by atoms with Gasteiger partial charge in [-0.2, -0.15) is 0 Å². The van der Waals surface area contributed by atoms with Gasteiger partial charge >= 0.3 is 0 Å². The molecule has 0 bridgehead atoms. The molecular formula is C13H19N. The summed E-state index contributed by atoms with van der Waals surface area (Å²) in [5.41, 5.74) is 2.97. The summed E-state index contributed by atoms with van der Waals surface area (Å²) in [5.74, 6) is 0.858. The molecule has 1 N–H and O–H groups in total. The fourth-order valence-corrected chi connectivity index (χ4v) is 1.97. The monoisotopic (exact) mass is 189 g/mol. The van der Waals surface area contributed by atoms with Crippen molar-refractivity contribution in [2.45, 2.75) is 38.6 Å². The standard InChI is InChI=1S/C13H19N/c1-2-14-10-11-5-3-8-13(9-11)12-6-4-7-12/h3,5,8-9,12,14H,2,4,6-7,10H2,1H3. The Morgan fingerprint density at radius 2 is 2.21 bits per heavy atom. The molecule has 1 aliphatic carbocycles. The van der Waals surface area contributed by atoms with Gasteiger partial charge in [0.25, 0.3) is 0 Å². The highest BCUT2D eigenvalue weighted by Gasteiger charge is 2.19. The smallest absolute Gasteiger partial charge is 0.0205 e. The van der Waals surface area contributed by atoms with E-state index in [1.54, 1.807) is 5.56 Å². The molecule has 0 amide bonds. The maximum atomic E-state index is 3.37. The fourth-order valence-electron chi connectivity index (χ4n) is 1.97. The Morgan fingerprint density at radius 3 is 2.86 bits per heavy atom. The first-order chi connectivity index (χ1) is 6.90. The van der Waals surface area contributed by atoms with Crippen LogP contribution in [-0.4, -0.2) is 6.54 Å². The van der Waals surface area contributed by atoms with E-state index in [0.717, 1.165) is 19.0 Å². The molecule has 0 aromatic heterocycles. The predicted molar refractivity (Wildman–Crippen MR) is 60.4 cm³/mol. The molecular weight excluding hydrogens is 170 g/mol. The van der Waals surface area contributed by atoms with E-state index in [1.165, 1.54) is 24.8 Å². The average molecular weight is 189 g/mol. The lowest BCUT2D eigenvalue weighted by Gasteiger charge is -2.26. The van der Waals surface area contributed by atoms with Gasteiger partial charge < -0.3 is 5.32 Å². The number of hydrogen-bond acceptors (Lipinski definition) is 1. The van der Waals surface area contributed by atoms with E-state index in [2.05, 4.69) is 36.5 Å². The van der Waals surface area contributed by atoms with Crippen molar-refractivity contribution in [3.8, 4) is 0 Å². The molecule has 0 radical (unpaired) electrons. The molecule has 0 heterocycles. The number of rotatable bonds is 4. The van der Waals surface area contributed by atoms with Gasteiger partial charge in [0, 0.05) is 6.54 Å². The van der Waals surface area contributed by atoms with Crippen molar-refractivity contribution in [1.82, 2.24) is 5.32 Å². The number of hydrogen-bond donors (Lipinski definition) is 1. The normalized spacial score (nSPS) is 16.6. The lowest BCUT2D eigenvalue weighted by molar-refractivity contribution is 0.419. The van der Waals surface area contributed by atoms with Gasteiger partial charge in [-0.15, -0.1) is 0 Å². The molecule has 0 aliphatic heterocycles. The van der Waals surface area contributed by atoms with E-state index < -0.39 is 0 Å². The maximum absolute atomic E-state index is 3.37. The minimum absolute atomic E-state index is 0.858. The van der Waals surface area contributed by atoms with Crippen LogP contribution in [-0.2, 0) is 6.54 Å². The predicted octanol–water partition coefficient (Wildman–Crippen LogP) is 3.06. The second-order valence-electron chi connectivity index (χ2n) is 4.15. The lowest BCUT2D eigenvalue weighted by Crippen LogP contribution is -2.13. The van der Waals surface area contributed by atoms with Gasteiger partial charge in [-0.3, -0.25) is 0 Å². The van der Waals surface area contributed by atoms with E-state index in [-0.39, 0.29) is 0 Å². The Morgan fingerprint density at radius 1 is 1.36 bits per heavy atom. The third-order valence-electron chi connectivity index (χ3n) is 3.11. The fraction of sp³-hybridized carbons (Fsp3) is 0.538. The van der Waals surface area contributed by atoms with Crippen LogP contribution in [0.15, 0.2) is 24.3 Å². The molecule has 1 nitrogen and oxygen atoms in total. The van der Waals surface area contributed by atoms with Crippen LogP contribution in [0.5, 0.6) is 0 Å². The third kappa shape index (κ3) is 2.16. The molecule has 1 saturated carbocycles. The Bertz CT molecular complexity index is 289. The van der Waals surface area contributed by atoms with Crippen LogP contribution in [0.3, 0.4) is 0 Å². The van der Waals surface area contributed by atoms with E-state index in [9.17, 15) is 0 Å². The largest absolute Gasteiger partial charge is 0.313 e. The zero-order chi connectivity index (χ0) is 9.80. The van der Waals surface area contributed by atoms with Crippen molar-refractivity contribution in [3.05, 3.63) is 35.4 Å². The minimum atomic E-state index is 0.858. The summed E-state index contributed by atoms with van der Waals surface area (Å²) in [5, 5.41) is 3.37. The third-order valence-corrected chi connectivity index (χ3v) is 3.11. The van der Waals surface area contributed by atoms with Crippen molar-refractivity contribution in [2.24, 2.45) is 0 Å². The Kier molecular flexibility index (Phi) is 3.20. The van der Waals surface area contributed by atoms with E-state index in [0.29, 0.717) is 0 Å². The summed E-state index contributed by atoms with van der Waals surface area (Å²) in [6, 6.07) is 9.05.